The maximum absolute atomic E-state index is 6.04. The molecule has 3 aromatic rings. The number of fused-ring (bicyclic) bond motifs is 1. The second-order valence-electron chi connectivity index (χ2n) is 6.03. The molecular formula is C18H24N6OS. The first-order valence-electron chi connectivity index (χ1n) is 8.69. The molecule has 26 heavy (non-hydrogen) atoms. The van der Waals surface area contributed by atoms with Crippen molar-refractivity contribution in [1.82, 2.24) is 24.5 Å². The fraction of sp³-hybridized carbons (Fsp3) is 0.444. The van der Waals surface area contributed by atoms with E-state index in [1.165, 1.54) is 0 Å². The summed E-state index contributed by atoms with van der Waals surface area (Å²) in [6.45, 7) is 3.59. The van der Waals surface area contributed by atoms with Crippen LogP contribution in [0, 0.1) is 6.92 Å². The quantitative estimate of drug-likeness (QED) is 0.351. The van der Waals surface area contributed by atoms with E-state index in [0.29, 0.717) is 12.4 Å². The number of aromatic nitrogens is 5. The Kier molecular flexibility index (Phi) is 6.40. The van der Waals surface area contributed by atoms with Gasteiger partial charge in [0, 0.05) is 44.4 Å². The van der Waals surface area contributed by atoms with Gasteiger partial charge in [0.25, 0.3) is 0 Å². The van der Waals surface area contributed by atoms with Gasteiger partial charge in [0.15, 0.2) is 11.0 Å². The Balaban J connectivity index is 1.68. The van der Waals surface area contributed by atoms with Crippen LogP contribution in [0.2, 0.25) is 0 Å². The highest BCUT2D eigenvalue weighted by Crippen LogP contribution is 2.25. The first-order chi connectivity index (χ1) is 12.7. The molecule has 8 heteroatoms. The van der Waals surface area contributed by atoms with Crippen molar-refractivity contribution in [1.29, 1.82) is 0 Å². The van der Waals surface area contributed by atoms with Crippen molar-refractivity contribution in [3.63, 3.8) is 0 Å². The van der Waals surface area contributed by atoms with Gasteiger partial charge in [0.05, 0.1) is 12.1 Å². The number of thioether (sulfide) groups is 1. The van der Waals surface area contributed by atoms with Crippen molar-refractivity contribution in [3.05, 3.63) is 36.0 Å². The van der Waals surface area contributed by atoms with Gasteiger partial charge in [-0.2, -0.15) is 0 Å². The lowest BCUT2D eigenvalue weighted by Gasteiger charge is -2.10. The molecule has 0 aliphatic carbocycles. The van der Waals surface area contributed by atoms with Crippen molar-refractivity contribution < 1.29 is 4.74 Å². The van der Waals surface area contributed by atoms with Gasteiger partial charge in [-0.05, 0) is 31.4 Å². The monoisotopic (exact) mass is 372 g/mol. The Labute approximate surface area is 157 Å². The molecule has 7 nitrogen and oxygen atoms in total. The number of hydrogen-bond donors (Lipinski definition) is 1. The van der Waals surface area contributed by atoms with E-state index < -0.39 is 0 Å². The summed E-state index contributed by atoms with van der Waals surface area (Å²) in [6, 6.07) is 1.83. The largest absolute Gasteiger partial charge is 0.384 e. The van der Waals surface area contributed by atoms with Crippen molar-refractivity contribution in [2.24, 2.45) is 0 Å². The van der Waals surface area contributed by atoms with Gasteiger partial charge in [0.1, 0.15) is 11.3 Å². The summed E-state index contributed by atoms with van der Waals surface area (Å²) in [5, 5.41) is 0.830. The average molecular weight is 372 g/mol. The Morgan fingerprint density at radius 2 is 2.00 bits per heavy atom. The van der Waals surface area contributed by atoms with Crippen LogP contribution in [0.25, 0.3) is 11.0 Å². The number of anilines is 1. The van der Waals surface area contributed by atoms with E-state index in [1.54, 1.807) is 31.3 Å². The van der Waals surface area contributed by atoms with Gasteiger partial charge in [-0.3, -0.25) is 0 Å². The molecule has 2 N–H and O–H groups in total. The minimum atomic E-state index is 0.486. The lowest BCUT2D eigenvalue weighted by atomic mass is 10.2. The van der Waals surface area contributed by atoms with Crippen LogP contribution in [0.5, 0.6) is 0 Å². The Morgan fingerprint density at radius 3 is 2.77 bits per heavy atom. The molecule has 0 amide bonds. The molecule has 3 rings (SSSR count). The fourth-order valence-electron chi connectivity index (χ4n) is 2.89. The Bertz CT molecular complexity index is 852. The highest BCUT2D eigenvalue weighted by Gasteiger charge is 2.15. The van der Waals surface area contributed by atoms with E-state index in [1.807, 2.05) is 12.3 Å². The van der Waals surface area contributed by atoms with E-state index in [0.717, 1.165) is 59.1 Å². The van der Waals surface area contributed by atoms with Crippen LogP contribution < -0.4 is 5.73 Å². The first kappa shape index (κ1) is 18.6. The minimum absolute atomic E-state index is 0.486. The van der Waals surface area contributed by atoms with Gasteiger partial charge in [0.2, 0.25) is 0 Å². The summed E-state index contributed by atoms with van der Waals surface area (Å²) < 4.78 is 7.50. The predicted molar refractivity (Wildman–Crippen MR) is 104 cm³/mol. The molecule has 0 spiro atoms. The molecule has 3 aromatic heterocycles. The molecule has 0 radical (unpaired) electrons. The van der Waals surface area contributed by atoms with Crippen LogP contribution >= 0.6 is 11.8 Å². The zero-order chi connectivity index (χ0) is 18.4. The summed E-state index contributed by atoms with van der Waals surface area (Å²) in [4.78, 5) is 17.4. The number of methoxy groups -OCH3 is 1. The fourth-order valence-corrected chi connectivity index (χ4v) is 3.69. The number of imidazole rings is 1. The molecule has 0 aliphatic heterocycles. The molecule has 0 saturated carbocycles. The third-order valence-electron chi connectivity index (χ3n) is 4.14. The molecule has 0 aliphatic rings. The smallest absolute Gasteiger partial charge is 0.187 e. The number of rotatable bonds is 9. The van der Waals surface area contributed by atoms with Gasteiger partial charge in [-0.1, -0.05) is 11.8 Å². The van der Waals surface area contributed by atoms with Gasteiger partial charge in [-0.25, -0.2) is 19.9 Å². The molecule has 0 atom stereocenters. The second kappa shape index (κ2) is 8.95. The lowest BCUT2D eigenvalue weighted by Crippen LogP contribution is -2.08. The summed E-state index contributed by atoms with van der Waals surface area (Å²) in [5.74, 6) is 2.48. The molecule has 0 saturated heterocycles. The van der Waals surface area contributed by atoms with Gasteiger partial charge in [-0.15, -0.1) is 0 Å². The number of ether oxygens (including phenoxy) is 1. The Hall–Kier alpha value is -2.19. The van der Waals surface area contributed by atoms with Crippen LogP contribution in [-0.2, 0) is 17.7 Å². The van der Waals surface area contributed by atoms with Crippen LogP contribution in [-0.4, -0.2) is 44.0 Å². The molecular weight excluding hydrogens is 348 g/mol. The van der Waals surface area contributed by atoms with Crippen molar-refractivity contribution in [2.75, 3.05) is 25.2 Å². The van der Waals surface area contributed by atoms with Crippen molar-refractivity contribution in [3.8, 4) is 0 Å². The molecule has 3 heterocycles. The number of nitrogens with two attached hydrogens (primary N) is 1. The third kappa shape index (κ3) is 4.31. The van der Waals surface area contributed by atoms with E-state index in [4.69, 9.17) is 15.5 Å². The van der Waals surface area contributed by atoms with Gasteiger partial charge < -0.3 is 15.0 Å². The van der Waals surface area contributed by atoms with E-state index in [-0.39, 0.29) is 0 Å². The molecule has 0 unspecified atom stereocenters. The summed E-state index contributed by atoms with van der Waals surface area (Å²) in [5.41, 5.74) is 9.02. The Morgan fingerprint density at radius 1 is 1.19 bits per heavy atom. The number of aryl methyl sites for hydroxylation is 2. The topological polar surface area (TPSA) is 91.7 Å². The standard InChI is InChI=1S/C18H24N6OS/c1-13-12-22-17(19)15-16(13)24(14(23-15)6-10-25-2)9-3-4-11-26-18-20-7-5-8-21-18/h5,7-8,12H,3-4,6,9-11H2,1-2H3,(H2,19,22). The van der Waals surface area contributed by atoms with Crippen molar-refractivity contribution >= 4 is 28.6 Å². The first-order valence-corrected chi connectivity index (χ1v) is 9.68. The molecule has 0 aromatic carbocycles. The average Bonchev–Trinajstić information content (AvgIpc) is 3.03. The maximum Gasteiger partial charge on any atom is 0.187 e. The van der Waals surface area contributed by atoms with Crippen LogP contribution in [0.3, 0.4) is 0 Å². The normalized spacial score (nSPS) is 11.3. The van der Waals surface area contributed by atoms with E-state index >= 15 is 0 Å². The minimum Gasteiger partial charge on any atom is -0.384 e. The number of nitrogen functional groups attached to an aromatic ring is 1. The van der Waals surface area contributed by atoms with E-state index in [2.05, 4.69) is 26.4 Å². The predicted octanol–water partition coefficient (Wildman–Crippen LogP) is 2.87. The van der Waals surface area contributed by atoms with Crippen LogP contribution in [0.15, 0.2) is 29.8 Å². The number of nitrogens with zero attached hydrogens (tertiary/aromatic N) is 5. The zero-order valence-electron chi connectivity index (χ0n) is 15.2. The highest BCUT2D eigenvalue weighted by atomic mass is 32.2. The lowest BCUT2D eigenvalue weighted by molar-refractivity contribution is 0.199. The number of pyridine rings is 1. The molecule has 0 bridgehead atoms. The number of unbranched alkanes of at least 4 members (excludes halogenated alkanes) is 1. The highest BCUT2D eigenvalue weighted by molar-refractivity contribution is 7.99. The summed E-state index contributed by atoms with van der Waals surface area (Å²) in [7, 11) is 1.71. The SMILES string of the molecule is COCCc1nc2c(N)ncc(C)c2n1CCCCSc1ncccn1. The van der Waals surface area contributed by atoms with Gasteiger partial charge >= 0.3 is 0 Å². The molecule has 138 valence electrons. The maximum atomic E-state index is 6.04. The summed E-state index contributed by atoms with van der Waals surface area (Å²) in [6.07, 6.45) is 8.25. The molecule has 0 fully saturated rings. The number of hydrogen-bond acceptors (Lipinski definition) is 7. The third-order valence-corrected chi connectivity index (χ3v) is 5.10. The van der Waals surface area contributed by atoms with Crippen LogP contribution in [0.4, 0.5) is 5.82 Å². The van der Waals surface area contributed by atoms with Crippen molar-refractivity contribution in [2.45, 2.75) is 37.9 Å². The summed E-state index contributed by atoms with van der Waals surface area (Å²) >= 11 is 1.69. The van der Waals surface area contributed by atoms with Crippen LogP contribution in [0.1, 0.15) is 24.2 Å². The zero-order valence-corrected chi connectivity index (χ0v) is 16.0. The van der Waals surface area contributed by atoms with E-state index in [9.17, 15) is 0 Å². The second-order valence-corrected chi connectivity index (χ2v) is 7.10.